The van der Waals surface area contributed by atoms with Crippen LogP contribution in [0.4, 0.5) is 10.5 Å². The molecule has 7 heteroatoms. The lowest BCUT2D eigenvalue weighted by Crippen LogP contribution is -2.49. The minimum atomic E-state index is -0.954. The molecule has 0 atom stereocenters. The molecule has 1 rings (SSSR count). The molecule has 7 nitrogen and oxygen atoms in total. The number of carbonyl (C=O) groups excluding carboxylic acids is 2. The third-order valence-corrected chi connectivity index (χ3v) is 4.02. The fourth-order valence-electron chi connectivity index (χ4n) is 2.49. The minimum Gasteiger partial charge on any atom is -0.481 e. The summed E-state index contributed by atoms with van der Waals surface area (Å²) in [5.74, 6) is -1.32. The van der Waals surface area contributed by atoms with Gasteiger partial charge in [0.25, 0.3) is 5.91 Å². The highest BCUT2D eigenvalue weighted by Crippen LogP contribution is 2.21. The number of carbonyl (C=O) groups is 3. The van der Waals surface area contributed by atoms with Crippen molar-refractivity contribution in [3.8, 4) is 0 Å². The Morgan fingerprint density at radius 3 is 2.32 bits per heavy atom. The molecular weight excluding hydrogens is 322 g/mol. The third kappa shape index (κ3) is 6.45. The van der Waals surface area contributed by atoms with E-state index in [1.54, 1.807) is 24.3 Å². The summed E-state index contributed by atoms with van der Waals surface area (Å²) < 4.78 is 0. The second kappa shape index (κ2) is 9.05. The number of carboxylic acid groups (broad SMARTS) is 1. The SMILES string of the molecule is CCC(CC)(CC(=O)O)NC(=O)c1cccc(NC(=O)NC(C)C)c1. The average Bonchev–Trinajstić information content (AvgIpc) is 2.53. The van der Waals surface area contributed by atoms with Crippen molar-refractivity contribution in [1.82, 2.24) is 10.6 Å². The van der Waals surface area contributed by atoms with Gasteiger partial charge in [-0.3, -0.25) is 9.59 Å². The lowest BCUT2D eigenvalue weighted by atomic mass is 9.88. The van der Waals surface area contributed by atoms with Crippen LogP contribution in [0.15, 0.2) is 24.3 Å². The minimum absolute atomic E-state index is 0.00257. The molecule has 0 unspecified atom stereocenters. The molecule has 138 valence electrons. The zero-order chi connectivity index (χ0) is 19.0. The van der Waals surface area contributed by atoms with Gasteiger partial charge in [-0.15, -0.1) is 0 Å². The number of nitrogens with one attached hydrogen (secondary N) is 3. The van der Waals surface area contributed by atoms with Gasteiger partial charge in [-0.1, -0.05) is 19.9 Å². The van der Waals surface area contributed by atoms with Crippen molar-refractivity contribution in [1.29, 1.82) is 0 Å². The van der Waals surface area contributed by atoms with Crippen molar-refractivity contribution >= 4 is 23.6 Å². The van der Waals surface area contributed by atoms with E-state index in [4.69, 9.17) is 5.11 Å². The Morgan fingerprint density at radius 1 is 1.16 bits per heavy atom. The Morgan fingerprint density at radius 2 is 1.80 bits per heavy atom. The van der Waals surface area contributed by atoms with Gasteiger partial charge >= 0.3 is 12.0 Å². The van der Waals surface area contributed by atoms with Crippen molar-refractivity contribution in [3.05, 3.63) is 29.8 Å². The Bertz CT molecular complexity index is 625. The second-order valence-corrected chi connectivity index (χ2v) is 6.35. The maximum Gasteiger partial charge on any atom is 0.319 e. The number of carboxylic acids is 1. The third-order valence-electron chi connectivity index (χ3n) is 4.02. The molecule has 0 radical (unpaired) electrons. The fraction of sp³-hybridized carbons (Fsp3) is 0.500. The standard InChI is InChI=1S/C18H27N3O4/c1-5-18(6-2,11-15(22)23)21-16(24)13-8-7-9-14(10-13)20-17(25)19-12(3)4/h7-10,12H,5-6,11H2,1-4H3,(H,21,24)(H,22,23)(H2,19,20,25). The fourth-order valence-corrected chi connectivity index (χ4v) is 2.49. The zero-order valence-corrected chi connectivity index (χ0v) is 15.2. The molecule has 0 aliphatic carbocycles. The van der Waals surface area contributed by atoms with Gasteiger partial charge in [0.15, 0.2) is 0 Å². The van der Waals surface area contributed by atoms with Gasteiger partial charge in [0.1, 0.15) is 0 Å². The predicted octanol–water partition coefficient (Wildman–Crippen LogP) is 2.98. The first-order valence-electron chi connectivity index (χ1n) is 8.43. The van der Waals surface area contributed by atoms with Crippen LogP contribution in [0, 0.1) is 0 Å². The van der Waals surface area contributed by atoms with Crippen LogP contribution in [0.3, 0.4) is 0 Å². The number of amides is 3. The second-order valence-electron chi connectivity index (χ2n) is 6.35. The number of hydrogen-bond acceptors (Lipinski definition) is 3. The molecular formula is C18H27N3O4. The summed E-state index contributed by atoms with van der Waals surface area (Å²) in [6.45, 7) is 7.39. The number of anilines is 1. The van der Waals surface area contributed by atoms with Crippen LogP contribution in [0.2, 0.25) is 0 Å². The monoisotopic (exact) mass is 349 g/mol. The molecule has 0 saturated carbocycles. The maximum atomic E-state index is 12.5. The number of aliphatic carboxylic acids is 1. The Balaban J connectivity index is 2.89. The van der Waals surface area contributed by atoms with Crippen molar-refractivity contribution in [2.24, 2.45) is 0 Å². The van der Waals surface area contributed by atoms with E-state index in [0.29, 0.717) is 24.1 Å². The van der Waals surface area contributed by atoms with Crippen molar-refractivity contribution in [2.45, 2.75) is 58.5 Å². The van der Waals surface area contributed by atoms with Crippen LogP contribution < -0.4 is 16.0 Å². The van der Waals surface area contributed by atoms with Gasteiger partial charge in [-0.05, 0) is 44.9 Å². The van der Waals surface area contributed by atoms with Crippen LogP contribution in [0.5, 0.6) is 0 Å². The van der Waals surface area contributed by atoms with Gasteiger partial charge < -0.3 is 21.1 Å². The summed E-state index contributed by atoms with van der Waals surface area (Å²) in [6.07, 6.45) is 0.882. The van der Waals surface area contributed by atoms with Gasteiger partial charge in [-0.25, -0.2) is 4.79 Å². The highest BCUT2D eigenvalue weighted by molar-refractivity contribution is 5.97. The molecule has 0 heterocycles. The molecule has 0 spiro atoms. The molecule has 4 N–H and O–H groups in total. The number of urea groups is 1. The van der Waals surface area contributed by atoms with E-state index in [1.165, 1.54) is 0 Å². The molecule has 0 aliphatic heterocycles. The van der Waals surface area contributed by atoms with Gasteiger partial charge in [-0.2, -0.15) is 0 Å². The van der Waals surface area contributed by atoms with E-state index in [2.05, 4.69) is 16.0 Å². The number of benzene rings is 1. The lowest BCUT2D eigenvalue weighted by Gasteiger charge is -2.31. The van der Waals surface area contributed by atoms with E-state index >= 15 is 0 Å². The summed E-state index contributed by atoms with van der Waals surface area (Å²) in [6, 6.07) is 6.17. The average molecular weight is 349 g/mol. The Labute approximate surface area is 148 Å². The van der Waals surface area contributed by atoms with Gasteiger partial charge in [0.05, 0.1) is 12.0 Å². The molecule has 0 saturated heterocycles. The van der Waals surface area contributed by atoms with E-state index < -0.39 is 11.5 Å². The zero-order valence-electron chi connectivity index (χ0n) is 15.2. The van der Waals surface area contributed by atoms with Crippen LogP contribution in [-0.2, 0) is 4.79 Å². The quantitative estimate of drug-likeness (QED) is 0.578. The lowest BCUT2D eigenvalue weighted by molar-refractivity contribution is -0.138. The van der Waals surface area contributed by atoms with Crippen molar-refractivity contribution in [2.75, 3.05) is 5.32 Å². The maximum absolute atomic E-state index is 12.5. The van der Waals surface area contributed by atoms with Gasteiger partial charge in [0, 0.05) is 17.3 Å². The van der Waals surface area contributed by atoms with Gasteiger partial charge in [0.2, 0.25) is 0 Å². The summed E-state index contributed by atoms with van der Waals surface area (Å²) in [5.41, 5.74) is 0.0584. The number of hydrogen-bond donors (Lipinski definition) is 4. The Hall–Kier alpha value is -2.57. The smallest absolute Gasteiger partial charge is 0.319 e. The van der Waals surface area contributed by atoms with E-state index in [-0.39, 0.29) is 24.4 Å². The first-order valence-corrected chi connectivity index (χ1v) is 8.43. The molecule has 25 heavy (non-hydrogen) atoms. The molecule has 1 aromatic rings. The van der Waals surface area contributed by atoms with Crippen LogP contribution in [0.25, 0.3) is 0 Å². The van der Waals surface area contributed by atoms with Crippen molar-refractivity contribution < 1.29 is 19.5 Å². The molecule has 0 bridgehead atoms. The highest BCUT2D eigenvalue weighted by Gasteiger charge is 2.31. The first-order chi connectivity index (χ1) is 11.7. The van der Waals surface area contributed by atoms with Crippen molar-refractivity contribution in [3.63, 3.8) is 0 Å². The normalized spacial score (nSPS) is 11.1. The van der Waals surface area contributed by atoms with Crippen LogP contribution in [0.1, 0.15) is 57.3 Å². The Kier molecular flexibility index (Phi) is 7.42. The summed E-state index contributed by atoms with van der Waals surface area (Å²) >= 11 is 0. The van der Waals surface area contributed by atoms with Crippen LogP contribution >= 0.6 is 0 Å². The van der Waals surface area contributed by atoms with Crippen LogP contribution in [-0.4, -0.2) is 34.6 Å². The summed E-state index contributed by atoms with van der Waals surface area (Å²) in [4.78, 5) is 35.4. The number of rotatable bonds is 8. The first kappa shape index (κ1) is 20.5. The summed E-state index contributed by atoms with van der Waals surface area (Å²) in [7, 11) is 0. The highest BCUT2D eigenvalue weighted by atomic mass is 16.4. The van der Waals surface area contributed by atoms with E-state index in [9.17, 15) is 14.4 Å². The van der Waals surface area contributed by atoms with E-state index in [0.717, 1.165) is 0 Å². The molecule has 1 aromatic carbocycles. The summed E-state index contributed by atoms with van der Waals surface area (Å²) in [5, 5.41) is 17.3. The van der Waals surface area contributed by atoms with E-state index in [1.807, 2.05) is 27.7 Å². The molecule has 0 fully saturated rings. The predicted molar refractivity (Wildman–Crippen MR) is 96.8 cm³/mol. The topological polar surface area (TPSA) is 108 Å². The molecule has 0 aromatic heterocycles. The molecule has 3 amide bonds. The largest absolute Gasteiger partial charge is 0.481 e. The molecule has 0 aliphatic rings.